The minimum absolute atomic E-state index is 0. The van der Waals surface area contributed by atoms with Gasteiger partial charge < -0.3 is 60.7 Å². The Balaban J connectivity index is 0.00000578. The number of quaternary nitrogens is 1. The summed E-state index contributed by atoms with van der Waals surface area (Å²) >= 11 is 0. The predicted octanol–water partition coefficient (Wildman–Crippen LogP) is -2.37. The molecule has 5 aromatic rings. The van der Waals surface area contributed by atoms with E-state index in [0.717, 1.165) is 38.2 Å². The summed E-state index contributed by atoms with van der Waals surface area (Å²) in [5.41, 5.74) is 17.5. The molecule has 0 fully saturated rings. The van der Waals surface area contributed by atoms with Crippen molar-refractivity contribution in [2.75, 3.05) is 26.3 Å². The van der Waals surface area contributed by atoms with Crippen molar-refractivity contribution < 1.29 is 68.9 Å². The number of benzene rings is 5. The fourth-order valence-corrected chi connectivity index (χ4v) is 7.45. The molecule has 0 saturated carbocycles. The van der Waals surface area contributed by atoms with Crippen molar-refractivity contribution in [2.24, 2.45) is 17.4 Å². The van der Waals surface area contributed by atoms with E-state index < -0.39 is 48.4 Å². The zero-order valence-corrected chi connectivity index (χ0v) is 42.2. The zero-order valence-electron chi connectivity index (χ0n) is 38.7. The Morgan fingerprint density at radius 3 is 1.78 bits per heavy atom. The van der Waals surface area contributed by atoms with Crippen LogP contribution in [0.3, 0.4) is 0 Å². The van der Waals surface area contributed by atoms with Gasteiger partial charge in [0.1, 0.15) is 42.8 Å². The quantitative estimate of drug-likeness (QED) is 0.0109. The Morgan fingerprint density at radius 1 is 0.691 bits per heavy atom. The number of amides is 3. The molecule has 0 spiro atoms. The maximum Gasteiger partial charge on any atom is 0.338 e. The standard InChI is InChI=1S/C50H61N7O7.2ClH.2H2S/c1-4-29-62-42-25-23-35-17-8-10-19-37(35)45(42)46-38-20-11-9-18-36(38)24-26-43(46)63-32-44(58)55-39(21-12-13-27-51)47(59)56-40(22-14-28-54-50(52)53)48(60)57-41(30-33(2)3)49(61)64-31-34-15-6-5-7-16-34;;;;/h4-11,15-20,23-26,33,39-41H,1,12-14,21-22,27-32,51H2,2-3H3,(H,55,58)(H,56,59)(H,57,60)(H4,52,53,54);2*1H;2*1H2/t39-,40-,41+;;;;/m1..../s1. The molecule has 370 valence electrons. The number of hydrogen-bond acceptors (Lipinski definition) is 7. The molecule has 0 bridgehead atoms. The van der Waals surface area contributed by atoms with E-state index in [2.05, 4.69) is 33.3 Å². The molecule has 0 radical (unpaired) electrons. The van der Waals surface area contributed by atoms with Gasteiger partial charge in [0.2, 0.25) is 11.8 Å². The summed E-state index contributed by atoms with van der Waals surface area (Å²) in [6.45, 7) is 8.59. The molecule has 0 aromatic heterocycles. The molecule has 5 rings (SSSR count). The Morgan fingerprint density at radius 2 is 1.22 bits per heavy atom. The summed E-state index contributed by atoms with van der Waals surface area (Å²) in [4.78, 5) is 58.2. The van der Waals surface area contributed by atoms with Crippen molar-refractivity contribution in [3.05, 3.63) is 121 Å². The van der Waals surface area contributed by atoms with Crippen molar-refractivity contribution in [1.82, 2.24) is 16.0 Å². The normalized spacial score (nSPS) is 11.7. The predicted molar refractivity (Wildman–Crippen MR) is 270 cm³/mol. The van der Waals surface area contributed by atoms with E-state index in [1.54, 1.807) is 6.08 Å². The van der Waals surface area contributed by atoms with E-state index in [-0.39, 0.29) is 89.7 Å². The second kappa shape index (κ2) is 31.4. The highest BCUT2D eigenvalue weighted by molar-refractivity contribution is 7.59. The summed E-state index contributed by atoms with van der Waals surface area (Å²) in [5, 5.41) is 12.4. The number of rotatable bonds is 25. The number of carbonyl (C=O) groups is 4. The summed E-state index contributed by atoms with van der Waals surface area (Å²) in [6.07, 6.45) is 4.14. The molecule has 5 aromatic carbocycles. The Kier molecular flexibility index (Phi) is 27.9. The number of nitrogens with two attached hydrogens (primary N) is 2. The van der Waals surface area contributed by atoms with Crippen molar-refractivity contribution >= 4 is 78.2 Å². The average molecular weight is 1010 g/mol. The summed E-state index contributed by atoms with van der Waals surface area (Å²) in [5.74, 6) is -1.11. The van der Waals surface area contributed by atoms with Crippen LogP contribution in [0.5, 0.6) is 11.5 Å². The lowest BCUT2D eigenvalue weighted by atomic mass is 9.92. The van der Waals surface area contributed by atoms with Crippen molar-refractivity contribution in [3.8, 4) is 22.6 Å². The van der Waals surface area contributed by atoms with Crippen LogP contribution >= 0.6 is 27.0 Å². The number of ether oxygens (including phenoxy) is 3. The van der Waals surface area contributed by atoms with Gasteiger partial charge in [-0.1, -0.05) is 117 Å². The van der Waals surface area contributed by atoms with Crippen LogP contribution in [0, 0.1) is 5.92 Å². The number of nitrogens with one attached hydrogen (secondary N) is 4. The number of fused-ring (bicyclic) bond motifs is 2. The molecular formula is C50H67Cl2N7O7S2. The van der Waals surface area contributed by atoms with Crippen LogP contribution in [0.2, 0.25) is 0 Å². The van der Waals surface area contributed by atoms with E-state index in [0.29, 0.717) is 50.3 Å². The number of guanidine groups is 1. The minimum atomic E-state index is -1.08. The number of carbonyl (C=O) groups excluding carboxylic acids is 4. The summed E-state index contributed by atoms with van der Waals surface area (Å²) in [6, 6.07) is 29.8. The highest BCUT2D eigenvalue weighted by Gasteiger charge is 2.31. The van der Waals surface area contributed by atoms with Gasteiger partial charge in [0.25, 0.3) is 5.91 Å². The molecule has 18 heteroatoms. The van der Waals surface area contributed by atoms with E-state index >= 15 is 0 Å². The first kappa shape index (κ1) is 60.4. The molecule has 68 heavy (non-hydrogen) atoms. The van der Waals surface area contributed by atoms with Crippen molar-refractivity contribution in [1.29, 1.82) is 0 Å². The van der Waals surface area contributed by atoms with Crippen molar-refractivity contribution in [2.45, 2.75) is 77.1 Å². The Bertz CT molecular complexity index is 2410. The Hall–Kier alpha value is -5.65. The van der Waals surface area contributed by atoms with Gasteiger partial charge in [0, 0.05) is 11.1 Å². The van der Waals surface area contributed by atoms with Gasteiger partial charge in [0.15, 0.2) is 6.61 Å². The van der Waals surface area contributed by atoms with E-state index in [9.17, 15) is 19.2 Å². The lowest BCUT2D eigenvalue weighted by Crippen LogP contribution is -3.00. The highest BCUT2D eigenvalue weighted by Crippen LogP contribution is 2.45. The summed E-state index contributed by atoms with van der Waals surface area (Å²) < 4.78 is 18.2. The summed E-state index contributed by atoms with van der Waals surface area (Å²) in [7, 11) is 0. The van der Waals surface area contributed by atoms with Crippen LogP contribution in [0.4, 0.5) is 0 Å². The third kappa shape index (κ3) is 18.1. The maximum atomic E-state index is 14.2. The fourth-order valence-electron chi connectivity index (χ4n) is 7.45. The molecule has 3 amide bonds. The SMILES string of the molecule is C=CCOc1ccc2ccccc2c1-c1c(OCC(=O)N[C@H](CCCC[NH3+])C(=O)N[C@H](CCC[NH+]=C(N)N)C(=O)N[C@@H](CC(C)C)C(=O)OCc2ccccc2)ccc2ccccc12.S.S.[Cl-].[Cl-]. The Labute approximate surface area is 425 Å². The van der Waals surface area contributed by atoms with Gasteiger partial charge in [-0.05, 0) is 83.7 Å². The van der Waals surface area contributed by atoms with Crippen LogP contribution in [0.25, 0.3) is 32.7 Å². The smallest absolute Gasteiger partial charge is 0.338 e. The number of unbranched alkanes of at least 4 members (excludes halogenated alkanes) is 1. The molecular weight excluding hydrogens is 946 g/mol. The molecule has 3 atom stereocenters. The molecule has 0 unspecified atom stereocenters. The van der Waals surface area contributed by atoms with Crippen LogP contribution in [0.15, 0.2) is 116 Å². The largest absolute Gasteiger partial charge is 1.00 e. The molecule has 14 nitrogen and oxygen atoms in total. The molecule has 0 aliphatic heterocycles. The second-order valence-electron chi connectivity index (χ2n) is 16.0. The highest BCUT2D eigenvalue weighted by atomic mass is 35.5. The van der Waals surface area contributed by atoms with Gasteiger partial charge in [-0.15, -0.1) is 0 Å². The van der Waals surface area contributed by atoms with Gasteiger partial charge in [-0.25, -0.2) is 4.79 Å². The van der Waals surface area contributed by atoms with Gasteiger partial charge in [0.05, 0.1) is 13.1 Å². The minimum Gasteiger partial charge on any atom is -1.00 e. The van der Waals surface area contributed by atoms with Gasteiger partial charge >= 0.3 is 11.9 Å². The van der Waals surface area contributed by atoms with E-state index in [4.69, 9.17) is 25.7 Å². The van der Waals surface area contributed by atoms with E-state index in [1.807, 2.05) is 117 Å². The van der Waals surface area contributed by atoms with Gasteiger partial charge in [-0.2, -0.15) is 27.0 Å². The second-order valence-corrected chi connectivity index (χ2v) is 16.0. The van der Waals surface area contributed by atoms with E-state index in [1.165, 1.54) is 0 Å². The topological polar surface area (TPSA) is 226 Å². The van der Waals surface area contributed by atoms with Crippen LogP contribution in [-0.4, -0.2) is 74.1 Å². The number of halogens is 2. The molecule has 0 aliphatic carbocycles. The number of esters is 1. The molecule has 0 heterocycles. The van der Waals surface area contributed by atoms with Crippen molar-refractivity contribution in [3.63, 3.8) is 0 Å². The first-order valence-electron chi connectivity index (χ1n) is 21.9. The van der Waals surface area contributed by atoms with Crippen LogP contribution in [0.1, 0.15) is 57.9 Å². The van der Waals surface area contributed by atoms with Crippen LogP contribution in [-0.2, 0) is 30.5 Å². The molecule has 11 N–H and O–H groups in total. The third-order valence-corrected chi connectivity index (χ3v) is 10.6. The molecule has 0 saturated heterocycles. The number of hydrogen-bond donors (Lipinski definition) is 7. The molecule has 0 aliphatic rings. The first-order valence-corrected chi connectivity index (χ1v) is 21.9. The lowest BCUT2D eigenvalue weighted by molar-refractivity contribution is -0.459. The average Bonchev–Trinajstić information content (AvgIpc) is 3.29. The van der Waals surface area contributed by atoms with Crippen LogP contribution < -0.4 is 72.4 Å². The van der Waals surface area contributed by atoms with Gasteiger partial charge in [-0.3, -0.25) is 30.8 Å². The zero-order chi connectivity index (χ0) is 45.8. The lowest BCUT2D eigenvalue weighted by Gasteiger charge is -2.26. The third-order valence-electron chi connectivity index (χ3n) is 10.6. The monoisotopic (exact) mass is 1010 g/mol. The first-order chi connectivity index (χ1) is 31.0. The fraction of sp³-hybridized carbons (Fsp3) is 0.340. The maximum absolute atomic E-state index is 14.2.